The first-order valence-corrected chi connectivity index (χ1v) is 8.83. The van der Waals surface area contributed by atoms with Crippen LogP contribution in [0, 0.1) is 0 Å². The Hall–Kier alpha value is -3.15. The molecule has 2 aromatic carbocycles. The number of carbonyl (C=O) groups is 3. The number of ketones is 1. The lowest BCUT2D eigenvalue weighted by Gasteiger charge is -2.36. The predicted molar refractivity (Wildman–Crippen MR) is 102 cm³/mol. The Morgan fingerprint density at radius 3 is 1.81 bits per heavy atom. The van der Waals surface area contributed by atoms with Gasteiger partial charge in [-0.3, -0.25) is 9.59 Å². The second-order valence-electron chi connectivity index (χ2n) is 6.45. The summed E-state index contributed by atoms with van der Waals surface area (Å²) in [5.74, 6) is -0.411. The van der Waals surface area contributed by atoms with E-state index < -0.39 is 5.97 Å². The molecule has 0 aromatic heterocycles. The Morgan fingerprint density at radius 1 is 0.778 bits per heavy atom. The van der Waals surface area contributed by atoms with Crippen molar-refractivity contribution in [3.05, 3.63) is 65.2 Å². The molecule has 6 heteroatoms. The Labute approximate surface area is 158 Å². The number of amides is 1. The van der Waals surface area contributed by atoms with Crippen molar-refractivity contribution >= 4 is 23.3 Å². The van der Waals surface area contributed by atoms with Crippen molar-refractivity contribution < 1.29 is 19.1 Å². The van der Waals surface area contributed by atoms with E-state index in [1.54, 1.807) is 31.2 Å². The summed E-state index contributed by atoms with van der Waals surface area (Å²) in [5.41, 5.74) is 2.73. The standard InChI is InChI=1S/C21H22N2O4/c1-15(24)16-7-9-19(10-8-16)22-11-13-23(14-12-22)20(25)17-3-5-18(6-4-17)21(26)27-2/h3-10H,11-14H2,1-2H3. The number of benzene rings is 2. The fourth-order valence-electron chi connectivity index (χ4n) is 3.12. The molecule has 0 N–H and O–H groups in total. The lowest BCUT2D eigenvalue weighted by Crippen LogP contribution is -2.48. The first kappa shape index (κ1) is 18.6. The predicted octanol–water partition coefficient (Wildman–Crippen LogP) is 2.64. The van der Waals surface area contributed by atoms with Gasteiger partial charge in [-0.05, 0) is 55.5 Å². The van der Waals surface area contributed by atoms with Gasteiger partial charge < -0.3 is 14.5 Å². The lowest BCUT2D eigenvalue weighted by molar-refractivity contribution is 0.0599. The van der Waals surface area contributed by atoms with E-state index >= 15 is 0 Å². The van der Waals surface area contributed by atoms with Crippen molar-refractivity contribution in [3.63, 3.8) is 0 Å². The van der Waals surface area contributed by atoms with Crippen LogP contribution in [0.5, 0.6) is 0 Å². The molecular formula is C21H22N2O4. The summed E-state index contributed by atoms with van der Waals surface area (Å²) >= 11 is 0. The third kappa shape index (κ3) is 4.16. The maximum absolute atomic E-state index is 12.7. The highest BCUT2D eigenvalue weighted by Gasteiger charge is 2.22. The van der Waals surface area contributed by atoms with E-state index in [-0.39, 0.29) is 11.7 Å². The number of anilines is 1. The average Bonchev–Trinajstić information content (AvgIpc) is 2.73. The highest BCUT2D eigenvalue weighted by molar-refractivity contribution is 5.96. The van der Waals surface area contributed by atoms with E-state index in [0.717, 1.165) is 18.8 Å². The number of methoxy groups -OCH3 is 1. The van der Waals surface area contributed by atoms with Crippen LogP contribution in [0.2, 0.25) is 0 Å². The number of ether oxygens (including phenoxy) is 1. The molecule has 1 aliphatic rings. The van der Waals surface area contributed by atoms with Gasteiger partial charge in [0.15, 0.2) is 5.78 Å². The van der Waals surface area contributed by atoms with E-state index in [9.17, 15) is 14.4 Å². The maximum Gasteiger partial charge on any atom is 0.337 e. The number of piperazine rings is 1. The molecule has 6 nitrogen and oxygen atoms in total. The van der Waals surface area contributed by atoms with Gasteiger partial charge in [0.25, 0.3) is 5.91 Å². The molecule has 2 aromatic rings. The van der Waals surface area contributed by atoms with Crippen LogP contribution in [0.3, 0.4) is 0 Å². The number of carbonyl (C=O) groups excluding carboxylic acids is 3. The van der Waals surface area contributed by atoms with Crippen LogP contribution in [0.1, 0.15) is 38.0 Å². The summed E-state index contributed by atoms with van der Waals surface area (Å²) in [6, 6.07) is 14.1. The number of esters is 1. The van der Waals surface area contributed by atoms with Crippen molar-refractivity contribution in [2.75, 3.05) is 38.2 Å². The van der Waals surface area contributed by atoms with Gasteiger partial charge in [0.2, 0.25) is 0 Å². The molecule has 3 rings (SSSR count). The molecule has 0 radical (unpaired) electrons. The zero-order chi connectivity index (χ0) is 19.4. The van der Waals surface area contributed by atoms with E-state index in [2.05, 4.69) is 9.64 Å². The third-order valence-electron chi connectivity index (χ3n) is 4.76. The van der Waals surface area contributed by atoms with Gasteiger partial charge >= 0.3 is 5.97 Å². The molecule has 0 bridgehead atoms. The van der Waals surface area contributed by atoms with Crippen LogP contribution in [0.15, 0.2) is 48.5 Å². The van der Waals surface area contributed by atoms with Gasteiger partial charge in [0.05, 0.1) is 12.7 Å². The molecular weight excluding hydrogens is 344 g/mol. The summed E-state index contributed by atoms with van der Waals surface area (Å²) in [6.45, 7) is 4.24. The van der Waals surface area contributed by atoms with Crippen LogP contribution in [0.4, 0.5) is 5.69 Å². The van der Waals surface area contributed by atoms with Crippen molar-refractivity contribution in [2.45, 2.75) is 6.92 Å². The minimum Gasteiger partial charge on any atom is -0.465 e. The molecule has 0 spiro atoms. The summed E-state index contributed by atoms with van der Waals surface area (Å²) in [4.78, 5) is 39.5. The van der Waals surface area contributed by atoms with Crippen LogP contribution in [-0.2, 0) is 4.74 Å². The number of nitrogens with zero attached hydrogens (tertiary/aromatic N) is 2. The molecule has 0 aliphatic carbocycles. The minimum absolute atomic E-state index is 0.0435. The van der Waals surface area contributed by atoms with E-state index in [1.165, 1.54) is 7.11 Å². The average molecular weight is 366 g/mol. The zero-order valence-electron chi connectivity index (χ0n) is 15.5. The van der Waals surface area contributed by atoms with Gasteiger partial charge in [0, 0.05) is 43.0 Å². The second kappa shape index (κ2) is 8.03. The molecule has 1 aliphatic heterocycles. The minimum atomic E-state index is -0.418. The largest absolute Gasteiger partial charge is 0.465 e. The number of rotatable bonds is 4. The fourth-order valence-corrected chi connectivity index (χ4v) is 3.12. The Morgan fingerprint density at radius 2 is 1.30 bits per heavy atom. The third-order valence-corrected chi connectivity index (χ3v) is 4.76. The van der Waals surface area contributed by atoms with E-state index in [0.29, 0.717) is 29.8 Å². The van der Waals surface area contributed by atoms with E-state index in [4.69, 9.17) is 0 Å². The SMILES string of the molecule is COC(=O)c1ccc(C(=O)N2CCN(c3ccc(C(C)=O)cc3)CC2)cc1. The molecule has 0 atom stereocenters. The van der Waals surface area contributed by atoms with Crippen molar-refractivity contribution in [1.82, 2.24) is 4.90 Å². The van der Waals surface area contributed by atoms with Crippen molar-refractivity contribution in [1.29, 1.82) is 0 Å². The van der Waals surface area contributed by atoms with Gasteiger partial charge in [-0.1, -0.05) is 0 Å². The van der Waals surface area contributed by atoms with Crippen molar-refractivity contribution in [3.8, 4) is 0 Å². The van der Waals surface area contributed by atoms with E-state index in [1.807, 2.05) is 29.2 Å². The van der Waals surface area contributed by atoms with Gasteiger partial charge in [-0.15, -0.1) is 0 Å². The Balaban J connectivity index is 1.60. The Bertz CT molecular complexity index is 835. The smallest absolute Gasteiger partial charge is 0.337 e. The van der Waals surface area contributed by atoms with Crippen molar-refractivity contribution in [2.24, 2.45) is 0 Å². The summed E-state index contributed by atoms with van der Waals surface area (Å²) in [5, 5.41) is 0. The summed E-state index contributed by atoms with van der Waals surface area (Å²) in [7, 11) is 1.33. The van der Waals surface area contributed by atoms with Crippen LogP contribution < -0.4 is 4.90 Å². The monoisotopic (exact) mass is 366 g/mol. The van der Waals surface area contributed by atoms with Gasteiger partial charge in [0.1, 0.15) is 0 Å². The second-order valence-corrected chi connectivity index (χ2v) is 6.45. The highest BCUT2D eigenvalue weighted by Crippen LogP contribution is 2.19. The fraction of sp³-hybridized carbons (Fsp3) is 0.286. The number of hydrogen-bond acceptors (Lipinski definition) is 5. The molecule has 140 valence electrons. The zero-order valence-corrected chi connectivity index (χ0v) is 15.5. The molecule has 1 saturated heterocycles. The van der Waals surface area contributed by atoms with Gasteiger partial charge in [-0.25, -0.2) is 4.79 Å². The van der Waals surface area contributed by atoms with Crippen LogP contribution >= 0.6 is 0 Å². The first-order chi connectivity index (χ1) is 13.0. The number of Topliss-reactive ketones (excluding diaryl/α,β-unsaturated/α-hetero) is 1. The lowest BCUT2D eigenvalue weighted by atomic mass is 10.1. The van der Waals surface area contributed by atoms with Crippen LogP contribution in [-0.4, -0.2) is 55.8 Å². The molecule has 1 amide bonds. The molecule has 1 heterocycles. The first-order valence-electron chi connectivity index (χ1n) is 8.83. The normalized spacial score (nSPS) is 14.0. The summed E-state index contributed by atoms with van der Waals surface area (Å²) in [6.07, 6.45) is 0. The molecule has 0 unspecified atom stereocenters. The number of hydrogen-bond donors (Lipinski definition) is 0. The van der Waals surface area contributed by atoms with Gasteiger partial charge in [-0.2, -0.15) is 0 Å². The molecule has 27 heavy (non-hydrogen) atoms. The topological polar surface area (TPSA) is 66.9 Å². The molecule has 0 saturated carbocycles. The maximum atomic E-state index is 12.7. The Kier molecular flexibility index (Phi) is 5.54. The quantitative estimate of drug-likeness (QED) is 0.615. The summed E-state index contributed by atoms with van der Waals surface area (Å²) < 4.78 is 4.67. The molecule has 1 fully saturated rings. The highest BCUT2D eigenvalue weighted by atomic mass is 16.5. The van der Waals surface area contributed by atoms with Crippen LogP contribution in [0.25, 0.3) is 0 Å².